The molecule has 0 heterocycles. The number of hydrogen-bond acceptors (Lipinski definition) is 3. The van der Waals surface area contributed by atoms with E-state index in [2.05, 4.69) is 25.2 Å². The molecule has 1 rings (SSSR count). The largest absolute Gasteiger partial charge is 0.493 e. The second-order valence-electron chi connectivity index (χ2n) is 3.60. The van der Waals surface area contributed by atoms with Crippen LogP contribution in [0.1, 0.15) is 31.9 Å². The number of hydrogen-bond donors (Lipinski definition) is 1. The molecule has 0 aliphatic carbocycles. The van der Waals surface area contributed by atoms with Crippen LogP contribution in [0.15, 0.2) is 18.2 Å². The molecule has 3 nitrogen and oxygen atoms in total. The summed E-state index contributed by atoms with van der Waals surface area (Å²) >= 11 is 0. The highest BCUT2D eigenvalue weighted by Crippen LogP contribution is 2.35. The van der Waals surface area contributed by atoms with Crippen molar-refractivity contribution in [1.82, 2.24) is 5.32 Å². The van der Waals surface area contributed by atoms with Gasteiger partial charge in [-0.3, -0.25) is 0 Å². The number of benzene rings is 1. The zero-order valence-electron chi connectivity index (χ0n) is 10.5. The summed E-state index contributed by atoms with van der Waals surface area (Å²) in [6, 6.07) is 6.31. The first-order valence-corrected chi connectivity index (χ1v) is 5.72. The lowest BCUT2D eigenvalue weighted by Crippen LogP contribution is -2.20. The fourth-order valence-corrected chi connectivity index (χ4v) is 1.91. The van der Waals surface area contributed by atoms with E-state index in [1.807, 2.05) is 12.1 Å². The van der Waals surface area contributed by atoms with Crippen molar-refractivity contribution in [2.24, 2.45) is 0 Å². The summed E-state index contributed by atoms with van der Waals surface area (Å²) in [7, 11) is 3.34. The summed E-state index contributed by atoms with van der Waals surface area (Å²) in [6.45, 7) is 5.21. The summed E-state index contributed by atoms with van der Waals surface area (Å²) in [6.07, 6.45) is 1.03. The minimum atomic E-state index is 0.315. The second-order valence-corrected chi connectivity index (χ2v) is 3.60. The molecule has 0 saturated heterocycles. The van der Waals surface area contributed by atoms with E-state index in [9.17, 15) is 0 Å². The van der Waals surface area contributed by atoms with Gasteiger partial charge in [0.2, 0.25) is 0 Å². The summed E-state index contributed by atoms with van der Waals surface area (Å²) in [5.74, 6) is 1.62. The van der Waals surface area contributed by atoms with Gasteiger partial charge in [0.1, 0.15) is 0 Å². The van der Waals surface area contributed by atoms with E-state index in [0.29, 0.717) is 6.04 Å². The zero-order valence-corrected chi connectivity index (χ0v) is 10.5. The fraction of sp³-hybridized carbons (Fsp3) is 0.538. The van der Waals surface area contributed by atoms with Crippen molar-refractivity contribution in [1.29, 1.82) is 0 Å². The molecule has 90 valence electrons. The van der Waals surface area contributed by atoms with Crippen LogP contribution in [0.3, 0.4) is 0 Å². The van der Waals surface area contributed by atoms with Crippen molar-refractivity contribution in [2.45, 2.75) is 26.3 Å². The molecule has 0 radical (unpaired) electrons. The van der Waals surface area contributed by atoms with E-state index in [4.69, 9.17) is 9.47 Å². The van der Waals surface area contributed by atoms with Gasteiger partial charge < -0.3 is 14.8 Å². The highest BCUT2D eigenvalue weighted by molar-refractivity contribution is 5.48. The third kappa shape index (κ3) is 2.67. The number of methoxy groups -OCH3 is 2. The lowest BCUT2D eigenvalue weighted by molar-refractivity contribution is 0.346. The lowest BCUT2D eigenvalue weighted by Gasteiger charge is -2.20. The van der Waals surface area contributed by atoms with Gasteiger partial charge in [0.25, 0.3) is 0 Å². The van der Waals surface area contributed by atoms with E-state index in [-0.39, 0.29) is 0 Å². The van der Waals surface area contributed by atoms with Gasteiger partial charge >= 0.3 is 0 Å². The van der Waals surface area contributed by atoms with Crippen LogP contribution in [0, 0.1) is 0 Å². The van der Waals surface area contributed by atoms with Crippen molar-refractivity contribution in [3.8, 4) is 11.5 Å². The van der Waals surface area contributed by atoms with E-state index in [1.165, 1.54) is 0 Å². The topological polar surface area (TPSA) is 30.5 Å². The van der Waals surface area contributed by atoms with Crippen molar-refractivity contribution in [2.75, 3.05) is 20.8 Å². The smallest absolute Gasteiger partial charge is 0.165 e. The predicted molar refractivity (Wildman–Crippen MR) is 66.3 cm³/mol. The molecule has 0 aliphatic rings. The second kappa shape index (κ2) is 6.38. The van der Waals surface area contributed by atoms with Gasteiger partial charge in [-0.2, -0.15) is 0 Å². The minimum Gasteiger partial charge on any atom is -0.493 e. The SMILES string of the molecule is CCNC(CC)c1cccc(OC)c1OC. The maximum Gasteiger partial charge on any atom is 0.165 e. The van der Waals surface area contributed by atoms with Gasteiger partial charge in [0, 0.05) is 11.6 Å². The van der Waals surface area contributed by atoms with E-state index in [0.717, 1.165) is 30.0 Å². The van der Waals surface area contributed by atoms with E-state index < -0.39 is 0 Å². The van der Waals surface area contributed by atoms with Gasteiger partial charge in [-0.25, -0.2) is 0 Å². The summed E-state index contributed by atoms with van der Waals surface area (Å²) in [5, 5.41) is 3.44. The van der Waals surface area contributed by atoms with Gasteiger partial charge in [-0.1, -0.05) is 26.0 Å². The number of para-hydroxylation sites is 1. The first-order chi connectivity index (χ1) is 7.78. The Kier molecular flexibility index (Phi) is 5.12. The zero-order chi connectivity index (χ0) is 12.0. The Hall–Kier alpha value is -1.22. The average molecular weight is 223 g/mol. The highest BCUT2D eigenvalue weighted by atomic mass is 16.5. The van der Waals surface area contributed by atoms with Gasteiger partial charge in [0.15, 0.2) is 11.5 Å². The quantitative estimate of drug-likeness (QED) is 0.804. The molecule has 1 aromatic rings. The maximum atomic E-state index is 5.43. The summed E-state index contributed by atoms with van der Waals surface area (Å²) < 4.78 is 10.7. The van der Waals surface area contributed by atoms with Crippen LogP contribution in [0.2, 0.25) is 0 Å². The van der Waals surface area contributed by atoms with Crippen LogP contribution in [0.5, 0.6) is 11.5 Å². The highest BCUT2D eigenvalue weighted by Gasteiger charge is 2.16. The fourth-order valence-electron chi connectivity index (χ4n) is 1.91. The van der Waals surface area contributed by atoms with E-state index >= 15 is 0 Å². The van der Waals surface area contributed by atoms with Gasteiger partial charge in [-0.15, -0.1) is 0 Å². The molecule has 0 amide bonds. The Morgan fingerprint density at radius 2 is 1.94 bits per heavy atom. The van der Waals surface area contributed by atoms with Crippen LogP contribution >= 0.6 is 0 Å². The summed E-state index contributed by atoms with van der Waals surface area (Å²) in [4.78, 5) is 0. The Balaban J connectivity index is 3.09. The maximum absolute atomic E-state index is 5.43. The van der Waals surface area contributed by atoms with Crippen molar-refractivity contribution >= 4 is 0 Å². The molecular formula is C13H21NO2. The Morgan fingerprint density at radius 1 is 1.19 bits per heavy atom. The van der Waals surface area contributed by atoms with Crippen molar-refractivity contribution in [3.05, 3.63) is 23.8 Å². The number of nitrogens with one attached hydrogen (secondary N) is 1. The molecule has 0 fully saturated rings. The third-order valence-corrected chi connectivity index (χ3v) is 2.67. The molecule has 16 heavy (non-hydrogen) atoms. The predicted octanol–water partition coefficient (Wildman–Crippen LogP) is 2.76. The number of rotatable bonds is 6. The van der Waals surface area contributed by atoms with Crippen LogP contribution < -0.4 is 14.8 Å². The molecule has 1 atom stereocenters. The normalized spacial score (nSPS) is 12.2. The van der Waals surface area contributed by atoms with Crippen LogP contribution in [-0.2, 0) is 0 Å². The van der Waals surface area contributed by atoms with Crippen molar-refractivity contribution < 1.29 is 9.47 Å². The average Bonchev–Trinajstić information content (AvgIpc) is 2.34. The van der Waals surface area contributed by atoms with E-state index in [1.54, 1.807) is 14.2 Å². The van der Waals surface area contributed by atoms with Gasteiger partial charge in [0.05, 0.1) is 14.2 Å². The first kappa shape index (κ1) is 12.8. The lowest BCUT2D eigenvalue weighted by atomic mass is 10.0. The number of ether oxygens (including phenoxy) is 2. The Bertz CT molecular complexity index is 326. The first-order valence-electron chi connectivity index (χ1n) is 5.72. The molecular weight excluding hydrogens is 202 g/mol. The third-order valence-electron chi connectivity index (χ3n) is 2.67. The Labute approximate surface area is 97.8 Å². The van der Waals surface area contributed by atoms with Crippen LogP contribution in [0.25, 0.3) is 0 Å². The molecule has 0 saturated carbocycles. The standard InChI is InChI=1S/C13H21NO2/c1-5-11(14-6-2)10-8-7-9-12(15-3)13(10)16-4/h7-9,11,14H,5-6H2,1-4H3. The summed E-state index contributed by atoms with van der Waals surface area (Å²) in [5.41, 5.74) is 1.16. The van der Waals surface area contributed by atoms with Gasteiger partial charge in [-0.05, 0) is 19.0 Å². The molecule has 1 N–H and O–H groups in total. The minimum absolute atomic E-state index is 0.315. The molecule has 0 aromatic heterocycles. The van der Waals surface area contributed by atoms with Crippen LogP contribution in [0.4, 0.5) is 0 Å². The molecule has 1 unspecified atom stereocenters. The molecule has 0 spiro atoms. The molecule has 0 bridgehead atoms. The molecule has 1 aromatic carbocycles. The molecule has 0 aliphatic heterocycles. The monoisotopic (exact) mass is 223 g/mol. The van der Waals surface area contributed by atoms with Crippen molar-refractivity contribution in [3.63, 3.8) is 0 Å². The molecule has 3 heteroatoms. The van der Waals surface area contributed by atoms with Crippen LogP contribution in [-0.4, -0.2) is 20.8 Å². The Morgan fingerprint density at radius 3 is 2.44 bits per heavy atom.